The Labute approximate surface area is 99.3 Å². The van der Waals surface area contributed by atoms with Crippen LogP contribution in [0.2, 0.25) is 5.02 Å². The molecule has 84 valence electrons. The molecule has 0 amide bonds. The van der Waals surface area contributed by atoms with E-state index in [0.29, 0.717) is 5.02 Å². The number of hydrogen-bond acceptors (Lipinski definition) is 2. The second-order valence-corrected chi connectivity index (χ2v) is 4.03. The lowest BCUT2D eigenvalue weighted by molar-refractivity contribution is 0.288. The van der Waals surface area contributed by atoms with Crippen molar-refractivity contribution in [3.8, 4) is 5.69 Å². The van der Waals surface area contributed by atoms with Gasteiger partial charge in [0.2, 0.25) is 0 Å². The smallest absolute Gasteiger partial charge is 0.0790 e. The minimum absolute atomic E-state index is 0.233. The Morgan fingerprint density at radius 1 is 1.25 bits per heavy atom. The van der Waals surface area contributed by atoms with Gasteiger partial charge in [0.15, 0.2) is 0 Å². The number of rotatable bonds is 4. The lowest BCUT2D eigenvalue weighted by Gasteiger charge is -2.03. The van der Waals surface area contributed by atoms with E-state index in [0.717, 1.165) is 18.5 Å². The minimum atomic E-state index is 0.233. The molecular formula is C12H13ClN2O. The maximum atomic E-state index is 8.73. The van der Waals surface area contributed by atoms with E-state index in [2.05, 4.69) is 5.10 Å². The van der Waals surface area contributed by atoms with Gasteiger partial charge in [-0.25, -0.2) is 4.68 Å². The van der Waals surface area contributed by atoms with E-state index in [-0.39, 0.29) is 6.61 Å². The van der Waals surface area contributed by atoms with Crippen LogP contribution in [0.25, 0.3) is 5.69 Å². The Bertz CT molecular complexity index is 450. The van der Waals surface area contributed by atoms with Crippen LogP contribution in [-0.4, -0.2) is 21.5 Å². The molecule has 0 fully saturated rings. The molecule has 1 heterocycles. The predicted molar refractivity (Wildman–Crippen MR) is 64.0 cm³/mol. The number of hydrogen-bond donors (Lipinski definition) is 1. The Kier molecular flexibility index (Phi) is 3.59. The van der Waals surface area contributed by atoms with E-state index in [1.54, 1.807) is 17.1 Å². The minimum Gasteiger partial charge on any atom is -0.396 e. The zero-order valence-electron chi connectivity index (χ0n) is 8.81. The van der Waals surface area contributed by atoms with E-state index < -0.39 is 0 Å². The van der Waals surface area contributed by atoms with Gasteiger partial charge >= 0.3 is 0 Å². The number of benzene rings is 1. The third kappa shape index (κ3) is 2.62. The van der Waals surface area contributed by atoms with Gasteiger partial charge in [0.1, 0.15) is 0 Å². The van der Waals surface area contributed by atoms with Crippen LogP contribution in [0.15, 0.2) is 36.7 Å². The highest BCUT2D eigenvalue weighted by Gasteiger charge is 1.99. The van der Waals surface area contributed by atoms with Crippen molar-refractivity contribution in [2.24, 2.45) is 0 Å². The van der Waals surface area contributed by atoms with Gasteiger partial charge in [-0.05, 0) is 30.5 Å². The van der Waals surface area contributed by atoms with Gasteiger partial charge in [-0.15, -0.1) is 0 Å². The quantitative estimate of drug-likeness (QED) is 0.886. The van der Waals surface area contributed by atoms with Crippen molar-refractivity contribution in [3.05, 3.63) is 47.2 Å². The van der Waals surface area contributed by atoms with E-state index in [4.69, 9.17) is 16.7 Å². The average Bonchev–Trinajstić information content (AvgIpc) is 2.74. The molecule has 2 rings (SSSR count). The van der Waals surface area contributed by atoms with Crippen LogP contribution in [-0.2, 0) is 6.42 Å². The van der Waals surface area contributed by atoms with E-state index >= 15 is 0 Å². The molecule has 0 aliphatic carbocycles. The van der Waals surface area contributed by atoms with Crippen molar-refractivity contribution in [1.29, 1.82) is 0 Å². The summed E-state index contributed by atoms with van der Waals surface area (Å²) < 4.78 is 1.73. The lowest BCUT2D eigenvalue weighted by Crippen LogP contribution is -1.95. The first kappa shape index (κ1) is 11.2. The van der Waals surface area contributed by atoms with Crippen LogP contribution in [0.3, 0.4) is 0 Å². The Hall–Kier alpha value is -1.32. The molecule has 2 aromatic rings. The molecule has 0 aliphatic heterocycles. The lowest BCUT2D eigenvalue weighted by atomic mass is 10.1. The predicted octanol–water partition coefficient (Wildman–Crippen LogP) is 2.45. The van der Waals surface area contributed by atoms with Crippen LogP contribution < -0.4 is 0 Å². The number of halogens is 1. The summed E-state index contributed by atoms with van der Waals surface area (Å²) in [6, 6.07) is 8.08. The van der Waals surface area contributed by atoms with E-state index in [1.165, 1.54) is 5.56 Å². The second-order valence-electron chi connectivity index (χ2n) is 3.60. The maximum absolute atomic E-state index is 8.73. The Morgan fingerprint density at radius 2 is 2.00 bits per heavy atom. The van der Waals surface area contributed by atoms with Crippen molar-refractivity contribution in [2.75, 3.05) is 6.61 Å². The van der Waals surface area contributed by atoms with Gasteiger partial charge < -0.3 is 5.11 Å². The summed E-state index contributed by atoms with van der Waals surface area (Å²) in [5.74, 6) is 0. The van der Waals surface area contributed by atoms with Gasteiger partial charge in [0, 0.05) is 12.8 Å². The van der Waals surface area contributed by atoms with Gasteiger partial charge in [-0.1, -0.05) is 23.7 Å². The molecule has 4 heteroatoms. The molecule has 3 nitrogen and oxygen atoms in total. The number of nitrogens with zero attached hydrogens (tertiary/aromatic N) is 2. The van der Waals surface area contributed by atoms with Crippen LogP contribution in [0.1, 0.15) is 12.0 Å². The highest BCUT2D eigenvalue weighted by molar-refractivity contribution is 6.30. The van der Waals surface area contributed by atoms with E-state index in [9.17, 15) is 0 Å². The summed E-state index contributed by atoms with van der Waals surface area (Å²) in [5.41, 5.74) is 2.20. The average molecular weight is 237 g/mol. The van der Waals surface area contributed by atoms with Crippen LogP contribution in [0.4, 0.5) is 0 Å². The Morgan fingerprint density at radius 3 is 2.56 bits per heavy atom. The molecule has 1 aromatic heterocycles. The summed E-state index contributed by atoms with van der Waals surface area (Å²) >= 11 is 5.80. The maximum Gasteiger partial charge on any atom is 0.0790 e. The first-order valence-corrected chi connectivity index (χ1v) is 5.58. The fourth-order valence-corrected chi connectivity index (χ4v) is 1.68. The molecule has 0 spiro atoms. The zero-order chi connectivity index (χ0) is 11.4. The first-order valence-electron chi connectivity index (χ1n) is 5.20. The summed E-state index contributed by atoms with van der Waals surface area (Å²) in [5, 5.41) is 13.5. The molecule has 1 N–H and O–H groups in total. The van der Waals surface area contributed by atoms with Crippen molar-refractivity contribution in [2.45, 2.75) is 12.8 Å². The molecular weight excluding hydrogens is 224 g/mol. The zero-order valence-corrected chi connectivity index (χ0v) is 9.56. The summed E-state index contributed by atoms with van der Waals surface area (Å²) in [4.78, 5) is 0. The van der Waals surface area contributed by atoms with E-state index in [1.807, 2.05) is 24.3 Å². The number of aromatic nitrogens is 2. The fourth-order valence-electron chi connectivity index (χ4n) is 1.54. The topological polar surface area (TPSA) is 38.0 Å². The van der Waals surface area contributed by atoms with Crippen molar-refractivity contribution in [1.82, 2.24) is 9.78 Å². The first-order chi connectivity index (χ1) is 7.79. The van der Waals surface area contributed by atoms with Crippen LogP contribution in [0, 0.1) is 0 Å². The SMILES string of the molecule is OCCCc1ccc(-n2cc(Cl)cn2)cc1. The summed E-state index contributed by atoms with van der Waals surface area (Å²) in [6.45, 7) is 0.233. The molecule has 0 saturated carbocycles. The second kappa shape index (κ2) is 5.14. The van der Waals surface area contributed by atoms with Crippen LogP contribution in [0.5, 0.6) is 0 Å². The number of aliphatic hydroxyl groups is 1. The van der Waals surface area contributed by atoms with Gasteiger partial charge in [0.05, 0.1) is 16.9 Å². The fraction of sp³-hybridized carbons (Fsp3) is 0.250. The van der Waals surface area contributed by atoms with Gasteiger partial charge in [-0.3, -0.25) is 0 Å². The van der Waals surface area contributed by atoms with Gasteiger partial charge in [-0.2, -0.15) is 5.10 Å². The van der Waals surface area contributed by atoms with Crippen molar-refractivity contribution >= 4 is 11.6 Å². The largest absolute Gasteiger partial charge is 0.396 e. The Balaban J connectivity index is 2.13. The third-order valence-corrected chi connectivity index (χ3v) is 2.57. The highest BCUT2D eigenvalue weighted by Crippen LogP contribution is 2.13. The summed E-state index contributed by atoms with van der Waals surface area (Å²) in [6.07, 6.45) is 5.08. The van der Waals surface area contributed by atoms with Crippen LogP contribution >= 0.6 is 11.6 Å². The molecule has 0 atom stereocenters. The highest BCUT2D eigenvalue weighted by atomic mass is 35.5. The van der Waals surface area contributed by atoms with Crippen molar-refractivity contribution < 1.29 is 5.11 Å². The van der Waals surface area contributed by atoms with Crippen molar-refractivity contribution in [3.63, 3.8) is 0 Å². The van der Waals surface area contributed by atoms with Gasteiger partial charge in [0.25, 0.3) is 0 Å². The molecule has 0 unspecified atom stereocenters. The standard InChI is InChI=1S/C12H13ClN2O/c13-11-8-14-15(9-11)12-5-3-10(4-6-12)2-1-7-16/h3-6,8-9,16H,1-2,7H2. The molecule has 1 aromatic carbocycles. The molecule has 0 aliphatic rings. The molecule has 16 heavy (non-hydrogen) atoms. The number of aryl methyl sites for hydroxylation is 1. The normalized spacial score (nSPS) is 10.6. The number of aliphatic hydroxyl groups excluding tert-OH is 1. The monoisotopic (exact) mass is 236 g/mol. The molecule has 0 radical (unpaired) electrons. The molecule has 0 bridgehead atoms. The molecule has 0 saturated heterocycles. The summed E-state index contributed by atoms with van der Waals surface area (Å²) in [7, 11) is 0. The third-order valence-electron chi connectivity index (χ3n) is 2.38.